The zero-order valence-electron chi connectivity index (χ0n) is 21.1. The fourth-order valence-electron chi connectivity index (χ4n) is 4.43. The lowest BCUT2D eigenvalue weighted by molar-refractivity contribution is -0.137. The molecule has 1 fully saturated rings. The third-order valence-corrected chi connectivity index (χ3v) is 6.46. The van der Waals surface area contributed by atoms with E-state index in [1.807, 2.05) is 23.1 Å². The molecule has 202 valence electrons. The summed E-state index contributed by atoms with van der Waals surface area (Å²) < 4.78 is 51.5. The van der Waals surface area contributed by atoms with Crippen molar-refractivity contribution in [3.8, 4) is 17.2 Å². The second kappa shape index (κ2) is 11.2. The second-order valence-electron chi connectivity index (χ2n) is 9.02. The number of anilines is 2. The summed E-state index contributed by atoms with van der Waals surface area (Å²) in [5, 5.41) is 2.64. The van der Waals surface area contributed by atoms with Gasteiger partial charge in [-0.05, 0) is 48.5 Å². The van der Waals surface area contributed by atoms with Crippen LogP contribution in [0.2, 0.25) is 0 Å². The molecule has 1 aliphatic heterocycles. The normalized spacial score (nSPS) is 14.3. The third-order valence-electron chi connectivity index (χ3n) is 6.46. The first-order chi connectivity index (χ1) is 18.8. The van der Waals surface area contributed by atoms with Crippen molar-refractivity contribution in [2.75, 3.05) is 43.5 Å². The summed E-state index contributed by atoms with van der Waals surface area (Å²) in [4.78, 5) is 25.7. The number of methoxy groups -OCH3 is 1. The van der Waals surface area contributed by atoms with Gasteiger partial charge in [-0.3, -0.25) is 14.7 Å². The van der Waals surface area contributed by atoms with Crippen LogP contribution in [0.5, 0.6) is 5.88 Å². The smallest absolute Gasteiger partial charge is 0.416 e. The predicted octanol–water partition coefficient (Wildman–Crippen LogP) is 5.34. The van der Waals surface area contributed by atoms with E-state index in [2.05, 4.69) is 20.2 Å². The minimum atomic E-state index is -4.56. The molecule has 5 rings (SSSR count). The maximum Gasteiger partial charge on any atom is 0.416 e. The number of nitrogens with one attached hydrogen (secondary N) is 1. The third kappa shape index (κ3) is 6.20. The molecule has 0 atom stereocenters. The van der Waals surface area contributed by atoms with Crippen LogP contribution in [0.15, 0.2) is 77.5 Å². The molecular weight excluding hydrogens is 511 g/mol. The number of nitrogens with zero attached hydrogens (tertiary/aromatic N) is 4. The molecule has 0 unspecified atom stereocenters. The number of hydrogen-bond acceptors (Lipinski definition) is 7. The number of rotatable bonds is 7. The highest BCUT2D eigenvalue weighted by Crippen LogP contribution is 2.36. The van der Waals surface area contributed by atoms with Gasteiger partial charge in [0.25, 0.3) is 5.91 Å². The molecule has 1 aromatic carbocycles. The molecule has 0 saturated carbocycles. The van der Waals surface area contributed by atoms with Gasteiger partial charge in [0.1, 0.15) is 5.76 Å². The average Bonchev–Trinajstić information content (AvgIpc) is 3.45. The van der Waals surface area contributed by atoms with Gasteiger partial charge in [0, 0.05) is 56.7 Å². The molecule has 0 bridgehead atoms. The number of piperazine rings is 1. The minimum absolute atomic E-state index is 0.0377. The lowest BCUT2D eigenvalue weighted by atomic mass is 10.1. The molecule has 1 N–H and O–H groups in total. The van der Waals surface area contributed by atoms with Crippen molar-refractivity contribution in [2.24, 2.45) is 0 Å². The van der Waals surface area contributed by atoms with E-state index in [1.54, 1.807) is 30.6 Å². The lowest BCUT2D eigenvalue weighted by Gasteiger charge is -2.37. The van der Waals surface area contributed by atoms with E-state index in [4.69, 9.17) is 9.15 Å². The SMILES string of the molecule is COc1cc(-c2ccc(C(=O)Nc3cc(C(F)(F)F)ccc3N3CCN(Cc4ccccn4)CC3)o2)ccn1. The Bertz CT molecular complexity index is 1430. The molecule has 39 heavy (non-hydrogen) atoms. The first kappa shape index (κ1) is 26.2. The van der Waals surface area contributed by atoms with Gasteiger partial charge in [-0.15, -0.1) is 0 Å². The van der Waals surface area contributed by atoms with E-state index in [0.717, 1.165) is 17.8 Å². The summed E-state index contributed by atoms with van der Waals surface area (Å²) >= 11 is 0. The number of amides is 1. The maximum atomic E-state index is 13.5. The Morgan fingerprint density at radius 1 is 1.00 bits per heavy atom. The lowest BCUT2D eigenvalue weighted by Crippen LogP contribution is -2.46. The molecule has 8 nitrogen and oxygen atoms in total. The van der Waals surface area contributed by atoms with Crippen LogP contribution in [0.1, 0.15) is 21.8 Å². The molecule has 0 spiro atoms. The van der Waals surface area contributed by atoms with Gasteiger partial charge in [0.15, 0.2) is 5.76 Å². The van der Waals surface area contributed by atoms with Gasteiger partial charge < -0.3 is 19.4 Å². The van der Waals surface area contributed by atoms with Gasteiger partial charge in [0.05, 0.1) is 29.7 Å². The van der Waals surface area contributed by atoms with E-state index in [0.29, 0.717) is 55.6 Å². The number of carbonyl (C=O) groups is 1. The molecule has 4 aromatic rings. The van der Waals surface area contributed by atoms with Crippen LogP contribution < -0.4 is 15.0 Å². The number of alkyl halides is 3. The highest BCUT2D eigenvalue weighted by atomic mass is 19.4. The van der Waals surface area contributed by atoms with Gasteiger partial charge in [-0.25, -0.2) is 4.98 Å². The Labute approximate surface area is 223 Å². The van der Waals surface area contributed by atoms with Crippen LogP contribution in [0, 0.1) is 0 Å². The fraction of sp³-hybridized carbons (Fsp3) is 0.250. The zero-order chi connectivity index (χ0) is 27.4. The molecule has 11 heteroatoms. The average molecular weight is 538 g/mol. The first-order valence-corrected chi connectivity index (χ1v) is 12.3. The van der Waals surface area contributed by atoms with Crippen molar-refractivity contribution in [3.63, 3.8) is 0 Å². The Morgan fingerprint density at radius 3 is 2.54 bits per heavy atom. The van der Waals surface area contributed by atoms with E-state index >= 15 is 0 Å². The summed E-state index contributed by atoms with van der Waals surface area (Å²) in [7, 11) is 1.49. The summed E-state index contributed by atoms with van der Waals surface area (Å²) in [5.74, 6) is 0.0822. The summed E-state index contributed by atoms with van der Waals surface area (Å²) in [6.07, 6.45) is -1.27. The van der Waals surface area contributed by atoms with Crippen LogP contribution in [-0.2, 0) is 12.7 Å². The molecule has 4 heterocycles. The molecule has 1 amide bonds. The van der Waals surface area contributed by atoms with E-state index in [1.165, 1.54) is 19.2 Å². The zero-order valence-corrected chi connectivity index (χ0v) is 21.1. The van der Waals surface area contributed by atoms with E-state index < -0.39 is 17.6 Å². The van der Waals surface area contributed by atoms with Crippen molar-refractivity contribution in [3.05, 3.63) is 90.1 Å². The number of ether oxygens (including phenoxy) is 1. The van der Waals surface area contributed by atoms with Crippen molar-refractivity contribution in [1.82, 2.24) is 14.9 Å². The van der Waals surface area contributed by atoms with Gasteiger partial charge >= 0.3 is 6.18 Å². The van der Waals surface area contributed by atoms with Crippen LogP contribution in [-0.4, -0.2) is 54.1 Å². The maximum absolute atomic E-state index is 13.5. The summed E-state index contributed by atoms with van der Waals surface area (Å²) in [6, 6.07) is 15.6. The van der Waals surface area contributed by atoms with Gasteiger partial charge in [-0.2, -0.15) is 13.2 Å². The Morgan fingerprint density at radius 2 is 1.82 bits per heavy atom. The minimum Gasteiger partial charge on any atom is -0.481 e. The highest BCUT2D eigenvalue weighted by molar-refractivity contribution is 6.04. The number of aromatic nitrogens is 2. The number of benzene rings is 1. The first-order valence-electron chi connectivity index (χ1n) is 12.3. The van der Waals surface area contributed by atoms with E-state index in [-0.39, 0.29) is 11.4 Å². The van der Waals surface area contributed by atoms with E-state index in [9.17, 15) is 18.0 Å². The van der Waals surface area contributed by atoms with Crippen molar-refractivity contribution in [2.45, 2.75) is 12.7 Å². The predicted molar refractivity (Wildman–Crippen MR) is 140 cm³/mol. The molecule has 3 aromatic heterocycles. The number of hydrogen-bond donors (Lipinski definition) is 1. The van der Waals surface area contributed by atoms with Crippen molar-refractivity contribution in [1.29, 1.82) is 0 Å². The van der Waals surface area contributed by atoms with Gasteiger partial charge in [0.2, 0.25) is 5.88 Å². The molecule has 1 aliphatic rings. The Hall–Kier alpha value is -4.38. The molecule has 1 saturated heterocycles. The largest absolute Gasteiger partial charge is 0.481 e. The highest BCUT2D eigenvalue weighted by Gasteiger charge is 2.32. The number of halogens is 3. The van der Waals surface area contributed by atoms with Crippen LogP contribution in [0.3, 0.4) is 0 Å². The number of furan rings is 1. The van der Waals surface area contributed by atoms with Crippen LogP contribution >= 0.6 is 0 Å². The monoisotopic (exact) mass is 537 g/mol. The summed E-state index contributed by atoms with van der Waals surface area (Å²) in [5.41, 5.74) is 1.33. The Kier molecular flexibility index (Phi) is 7.51. The second-order valence-corrected chi connectivity index (χ2v) is 9.02. The van der Waals surface area contributed by atoms with Crippen molar-refractivity contribution < 1.29 is 27.1 Å². The molecular formula is C28H26F3N5O3. The standard InChI is InChI=1S/C28H26F3N5O3/c1-38-26-16-19(9-11-33-26)24-7-8-25(39-24)27(37)34-22-17-20(28(29,30)31)5-6-23(22)36-14-12-35(13-15-36)18-21-4-2-3-10-32-21/h2-11,16-17H,12-15,18H2,1H3,(H,34,37). The number of carbonyl (C=O) groups excluding carboxylic acids is 1. The topological polar surface area (TPSA) is 83.7 Å². The summed E-state index contributed by atoms with van der Waals surface area (Å²) in [6.45, 7) is 3.24. The Balaban J connectivity index is 1.34. The van der Waals surface area contributed by atoms with Crippen LogP contribution in [0.25, 0.3) is 11.3 Å². The van der Waals surface area contributed by atoms with Gasteiger partial charge in [-0.1, -0.05) is 6.07 Å². The molecule has 0 radical (unpaired) electrons. The van der Waals surface area contributed by atoms with Crippen molar-refractivity contribution >= 4 is 17.3 Å². The quantitative estimate of drug-likeness (QED) is 0.341. The van der Waals surface area contributed by atoms with Crippen LogP contribution in [0.4, 0.5) is 24.5 Å². The number of pyridine rings is 2. The molecule has 0 aliphatic carbocycles. The fourth-order valence-corrected chi connectivity index (χ4v) is 4.43.